The zero-order valence-corrected chi connectivity index (χ0v) is 8.95. The van der Waals surface area contributed by atoms with Gasteiger partial charge in [0.15, 0.2) is 0 Å². The molecule has 0 saturated heterocycles. The maximum absolute atomic E-state index is 5.34. The largest absolute Gasteiger partial charge is 0.472 e. The average molecular weight is 197 g/mol. The van der Waals surface area contributed by atoms with E-state index in [2.05, 4.69) is 12.2 Å². The van der Waals surface area contributed by atoms with Crippen LogP contribution < -0.4 is 5.32 Å². The van der Waals surface area contributed by atoms with Gasteiger partial charge in [-0.15, -0.1) is 0 Å². The highest BCUT2D eigenvalue weighted by Gasteiger charge is 2.10. The number of hydrogen-bond donors (Lipinski definition) is 1. The molecule has 0 aliphatic heterocycles. The fraction of sp³-hybridized carbons (Fsp3) is 0.636. The van der Waals surface area contributed by atoms with E-state index < -0.39 is 0 Å². The third kappa shape index (κ3) is 3.52. The topological polar surface area (TPSA) is 34.4 Å². The van der Waals surface area contributed by atoms with Crippen LogP contribution in [0.2, 0.25) is 0 Å². The first-order valence-electron chi connectivity index (χ1n) is 5.21. The van der Waals surface area contributed by atoms with Crippen molar-refractivity contribution in [3.63, 3.8) is 0 Å². The van der Waals surface area contributed by atoms with Crippen LogP contribution in [0.1, 0.15) is 31.9 Å². The lowest BCUT2D eigenvalue weighted by molar-refractivity contribution is 0.136. The van der Waals surface area contributed by atoms with Gasteiger partial charge in [0.25, 0.3) is 0 Å². The maximum atomic E-state index is 5.34. The first-order valence-corrected chi connectivity index (χ1v) is 5.21. The molecular weight excluding hydrogens is 178 g/mol. The van der Waals surface area contributed by atoms with Gasteiger partial charge in [-0.25, -0.2) is 0 Å². The average Bonchev–Trinajstić information content (AvgIpc) is 2.70. The van der Waals surface area contributed by atoms with Crippen molar-refractivity contribution in [2.75, 3.05) is 19.8 Å². The van der Waals surface area contributed by atoms with E-state index >= 15 is 0 Å². The third-order valence-corrected chi connectivity index (χ3v) is 2.15. The number of nitrogens with one attached hydrogen (secondary N) is 1. The van der Waals surface area contributed by atoms with E-state index in [9.17, 15) is 0 Å². The summed E-state index contributed by atoms with van der Waals surface area (Å²) in [6.07, 6.45) is 4.49. The predicted octanol–water partition coefficient (Wildman–Crippen LogP) is 2.36. The summed E-state index contributed by atoms with van der Waals surface area (Å²) in [6, 6.07) is 2.35. The zero-order valence-electron chi connectivity index (χ0n) is 8.95. The minimum absolute atomic E-state index is 0.352. The Morgan fingerprint density at radius 2 is 2.36 bits per heavy atom. The summed E-state index contributed by atoms with van der Waals surface area (Å²) >= 11 is 0. The van der Waals surface area contributed by atoms with Gasteiger partial charge in [-0.3, -0.25) is 0 Å². The summed E-state index contributed by atoms with van der Waals surface area (Å²) in [5, 5.41) is 3.40. The standard InChI is InChI=1S/C11H19NO2/c1-3-12-11(6-8-13-4-2)10-5-7-14-9-10/h5,7,9,11-12H,3-4,6,8H2,1-2H3. The molecule has 3 heteroatoms. The molecule has 0 fully saturated rings. The van der Waals surface area contributed by atoms with E-state index in [1.54, 1.807) is 12.5 Å². The molecular formula is C11H19NO2. The van der Waals surface area contributed by atoms with Crippen LogP contribution in [0, 0.1) is 0 Å². The fourth-order valence-electron chi connectivity index (χ4n) is 1.45. The second kappa shape index (κ2) is 6.62. The van der Waals surface area contributed by atoms with Gasteiger partial charge in [-0.05, 0) is 26.0 Å². The Morgan fingerprint density at radius 3 is 2.93 bits per heavy atom. The summed E-state index contributed by atoms with van der Waals surface area (Å²) in [5.74, 6) is 0. The summed E-state index contributed by atoms with van der Waals surface area (Å²) in [5.41, 5.74) is 1.20. The molecule has 0 aliphatic carbocycles. The number of ether oxygens (including phenoxy) is 1. The van der Waals surface area contributed by atoms with E-state index in [0.717, 1.165) is 26.2 Å². The molecule has 1 N–H and O–H groups in total. The second-order valence-corrected chi connectivity index (χ2v) is 3.15. The zero-order chi connectivity index (χ0) is 10.2. The molecule has 0 spiro atoms. The van der Waals surface area contributed by atoms with Crippen LogP contribution in [-0.2, 0) is 4.74 Å². The molecule has 3 nitrogen and oxygen atoms in total. The molecule has 0 amide bonds. The summed E-state index contributed by atoms with van der Waals surface area (Å²) < 4.78 is 10.4. The lowest BCUT2D eigenvalue weighted by atomic mass is 10.1. The van der Waals surface area contributed by atoms with E-state index in [0.29, 0.717) is 6.04 Å². The van der Waals surface area contributed by atoms with Gasteiger partial charge in [0.2, 0.25) is 0 Å². The molecule has 1 heterocycles. The molecule has 1 aromatic rings. The van der Waals surface area contributed by atoms with Gasteiger partial charge in [-0.1, -0.05) is 6.92 Å². The Kier molecular flexibility index (Phi) is 5.33. The highest BCUT2D eigenvalue weighted by molar-refractivity contribution is 5.11. The SMILES string of the molecule is CCNC(CCOCC)c1ccoc1. The van der Waals surface area contributed by atoms with Crippen molar-refractivity contribution in [3.8, 4) is 0 Å². The molecule has 0 aromatic carbocycles. The highest BCUT2D eigenvalue weighted by Crippen LogP contribution is 2.16. The van der Waals surface area contributed by atoms with Gasteiger partial charge in [0.1, 0.15) is 0 Å². The molecule has 0 bridgehead atoms. The van der Waals surface area contributed by atoms with Crippen molar-refractivity contribution in [2.24, 2.45) is 0 Å². The van der Waals surface area contributed by atoms with Crippen molar-refractivity contribution in [1.29, 1.82) is 0 Å². The Balaban J connectivity index is 2.39. The van der Waals surface area contributed by atoms with E-state index in [1.807, 2.05) is 13.0 Å². The maximum Gasteiger partial charge on any atom is 0.0950 e. The monoisotopic (exact) mass is 197 g/mol. The van der Waals surface area contributed by atoms with Gasteiger partial charge in [0, 0.05) is 24.8 Å². The predicted molar refractivity (Wildman–Crippen MR) is 56.2 cm³/mol. The lowest BCUT2D eigenvalue weighted by Crippen LogP contribution is -2.21. The van der Waals surface area contributed by atoms with Crippen molar-refractivity contribution in [3.05, 3.63) is 24.2 Å². The smallest absolute Gasteiger partial charge is 0.0950 e. The van der Waals surface area contributed by atoms with Gasteiger partial charge < -0.3 is 14.5 Å². The van der Waals surface area contributed by atoms with Gasteiger partial charge >= 0.3 is 0 Å². The van der Waals surface area contributed by atoms with E-state index in [4.69, 9.17) is 9.15 Å². The Morgan fingerprint density at radius 1 is 1.50 bits per heavy atom. The van der Waals surface area contributed by atoms with Crippen LogP contribution in [0.15, 0.2) is 23.0 Å². The van der Waals surface area contributed by atoms with Crippen LogP contribution >= 0.6 is 0 Å². The summed E-state index contributed by atoms with van der Waals surface area (Å²) in [7, 11) is 0. The molecule has 80 valence electrons. The summed E-state index contributed by atoms with van der Waals surface area (Å²) in [6.45, 7) is 6.65. The Labute approximate surface area is 85.4 Å². The van der Waals surface area contributed by atoms with Crippen LogP contribution in [0.3, 0.4) is 0 Å². The molecule has 0 saturated carbocycles. The van der Waals surface area contributed by atoms with Crippen molar-refractivity contribution >= 4 is 0 Å². The van der Waals surface area contributed by atoms with Crippen LogP contribution in [-0.4, -0.2) is 19.8 Å². The number of furan rings is 1. The van der Waals surface area contributed by atoms with Gasteiger partial charge in [0.05, 0.1) is 12.5 Å². The first kappa shape index (κ1) is 11.3. The molecule has 0 radical (unpaired) electrons. The van der Waals surface area contributed by atoms with Crippen LogP contribution in [0.25, 0.3) is 0 Å². The molecule has 1 aromatic heterocycles. The van der Waals surface area contributed by atoms with Crippen LogP contribution in [0.4, 0.5) is 0 Å². The quantitative estimate of drug-likeness (QED) is 0.681. The minimum atomic E-state index is 0.352. The Bertz CT molecular complexity index is 221. The van der Waals surface area contributed by atoms with E-state index in [-0.39, 0.29) is 0 Å². The summed E-state index contributed by atoms with van der Waals surface area (Å²) in [4.78, 5) is 0. The molecule has 14 heavy (non-hydrogen) atoms. The number of rotatable bonds is 7. The molecule has 0 aliphatic rings. The van der Waals surface area contributed by atoms with Crippen molar-refractivity contribution in [1.82, 2.24) is 5.32 Å². The molecule has 1 unspecified atom stereocenters. The normalized spacial score (nSPS) is 13.0. The van der Waals surface area contributed by atoms with Gasteiger partial charge in [-0.2, -0.15) is 0 Å². The first-order chi connectivity index (χ1) is 6.88. The second-order valence-electron chi connectivity index (χ2n) is 3.15. The highest BCUT2D eigenvalue weighted by atomic mass is 16.5. The van der Waals surface area contributed by atoms with Crippen molar-refractivity contribution in [2.45, 2.75) is 26.3 Å². The molecule has 1 atom stereocenters. The molecule has 1 rings (SSSR count). The van der Waals surface area contributed by atoms with Crippen LogP contribution in [0.5, 0.6) is 0 Å². The lowest BCUT2D eigenvalue weighted by Gasteiger charge is -2.15. The fourth-order valence-corrected chi connectivity index (χ4v) is 1.45. The minimum Gasteiger partial charge on any atom is -0.472 e. The third-order valence-electron chi connectivity index (χ3n) is 2.15. The van der Waals surface area contributed by atoms with E-state index in [1.165, 1.54) is 5.56 Å². The Hall–Kier alpha value is -0.800. The van der Waals surface area contributed by atoms with Crippen molar-refractivity contribution < 1.29 is 9.15 Å². The number of hydrogen-bond acceptors (Lipinski definition) is 3.